The summed E-state index contributed by atoms with van der Waals surface area (Å²) in [5.41, 5.74) is 22.3. The van der Waals surface area contributed by atoms with Crippen molar-refractivity contribution in [2.45, 2.75) is 135 Å². The first kappa shape index (κ1) is 38.8. The van der Waals surface area contributed by atoms with E-state index in [-0.39, 0.29) is 33.9 Å². The Balaban J connectivity index is 1.11. The molecule has 4 nitrogen and oxygen atoms in total. The Morgan fingerprint density at radius 1 is 0.594 bits per heavy atom. The van der Waals surface area contributed by atoms with Crippen LogP contribution in [0.2, 0.25) is 0 Å². The molecule has 0 saturated heterocycles. The summed E-state index contributed by atoms with van der Waals surface area (Å²) >= 11 is 0. The first-order chi connectivity index (χ1) is 30.5. The number of hydrogen-bond donors (Lipinski definition) is 0. The van der Waals surface area contributed by atoms with Crippen molar-refractivity contribution in [3.63, 3.8) is 0 Å². The summed E-state index contributed by atoms with van der Waals surface area (Å²) in [4.78, 5) is 5.44. The topological polar surface area (TPSA) is 24.6 Å². The molecule has 8 aromatic rings. The van der Waals surface area contributed by atoms with Gasteiger partial charge in [-0.15, -0.1) is 0 Å². The quantitative estimate of drug-likeness (QED) is 0.162. The molecular formula is C59H60BN3O. The first-order valence-corrected chi connectivity index (χ1v) is 24.1. The maximum atomic E-state index is 6.89. The molecule has 0 bridgehead atoms. The highest BCUT2D eigenvalue weighted by atomic mass is 16.3. The molecule has 2 unspecified atom stereocenters. The second-order valence-electron chi connectivity index (χ2n) is 23.2. The van der Waals surface area contributed by atoms with E-state index in [4.69, 9.17) is 4.42 Å². The van der Waals surface area contributed by atoms with Crippen LogP contribution in [0.5, 0.6) is 0 Å². The van der Waals surface area contributed by atoms with Gasteiger partial charge in [-0.2, -0.15) is 0 Å². The van der Waals surface area contributed by atoms with E-state index < -0.39 is 0 Å². The van der Waals surface area contributed by atoms with E-state index in [1.807, 2.05) is 0 Å². The van der Waals surface area contributed by atoms with Crippen LogP contribution in [0, 0.1) is 6.92 Å². The zero-order chi connectivity index (χ0) is 44.0. The van der Waals surface area contributed by atoms with Crippen molar-refractivity contribution in [2.75, 3.05) is 9.80 Å². The molecule has 13 rings (SSSR count). The van der Waals surface area contributed by atoms with Crippen molar-refractivity contribution < 1.29 is 4.42 Å². The van der Waals surface area contributed by atoms with Crippen molar-refractivity contribution in [3.8, 4) is 5.69 Å². The predicted octanol–water partition coefficient (Wildman–Crippen LogP) is 13.8. The van der Waals surface area contributed by atoms with Gasteiger partial charge in [0, 0.05) is 50.3 Å². The Hall–Kier alpha value is -5.68. The minimum absolute atomic E-state index is 0.0401. The van der Waals surface area contributed by atoms with E-state index in [1.165, 1.54) is 139 Å². The highest BCUT2D eigenvalue weighted by Gasteiger charge is 2.58. The molecule has 64 heavy (non-hydrogen) atoms. The molecule has 5 heteroatoms. The molecule has 2 atom stereocenters. The molecule has 1 saturated carbocycles. The highest BCUT2D eigenvalue weighted by Crippen LogP contribution is 2.62. The van der Waals surface area contributed by atoms with Gasteiger partial charge in [0.1, 0.15) is 5.58 Å². The van der Waals surface area contributed by atoms with Crippen LogP contribution < -0.4 is 26.2 Å². The van der Waals surface area contributed by atoms with Crippen LogP contribution in [0.1, 0.15) is 129 Å². The fraction of sp³-hybridized carbons (Fsp3) is 0.356. The highest BCUT2D eigenvalue weighted by molar-refractivity contribution is 7.00. The van der Waals surface area contributed by atoms with Crippen molar-refractivity contribution in [2.24, 2.45) is 0 Å². The van der Waals surface area contributed by atoms with Crippen molar-refractivity contribution in [1.82, 2.24) is 4.57 Å². The number of fused-ring (bicyclic) bond motifs is 13. The van der Waals surface area contributed by atoms with Crippen LogP contribution in [0.3, 0.4) is 0 Å². The van der Waals surface area contributed by atoms with Gasteiger partial charge in [0.05, 0.1) is 16.4 Å². The molecule has 0 N–H and O–H groups in total. The third-order valence-corrected chi connectivity index (χ3v) is 17.6. The lowest BCUT2D eigenvalue weighted by Gasteiger charge is -2.50. The first-order valence-electron chi connectivity index (χ1n) is 24.1. The van der Waals surface area contributed by atoms with E-state index in [0.717, 1.165) is 11.3 Å². The molecular weight excluding hydrogens is 777 g/mol. The van der Waals surface area contributed by atoms with Crippen LogP contribution in [0.4, 0.5) is 28.4 Å². The van der Waals surface area contributed by atoms with E-state index in [2.05, 4.69) is 193 Å². The maximum absolute atomic E-state index is 6.89. The van der Waals surface area contributed by atoms with Crippen LogP contribution in [0.15, 0.2) is 114 Å². The molecule has 0 radical (unpaired) electrons. The second-order valence-corrected chi connectivity index (χ2v) is 23.2. The molecule has 0 amide bonds. The Bertz CT molecular complexity index is 3360. The number of hydrogen-bond acceptors (Lipinski definition) is 3. The van der Waals surface area contributed by atoms with Crippen LogP contribution in [-0.2, 0) is 21.7 Å². The van der Waals surface area contributed by atoms with Crippen molar-refractivity contribution in [3.05, 3.63) is 137 Å². The summed E-state index contributed by atoms with van der Waals surface area (Å²) in [5, 5.41) is 3.65. The fourth-order valence-electron chi connectivity index (χ4n) is 13.8. The second kappa shape index (κ2) is 12.4. The van der Waals surface area contributed by atoms with Gasteiger partial charge >= 0.3 is 0 Å². The molecule has 3 aliphatic heterocycles. The van der Waals surface area contributed by atoms with Gasteiger partial charge in [0.15, 0.2) is 0 Å². The normalized spacial score (nSPS) is 22.4. The maximum Gasteiger partial charge on any atom is 0.252 e. The fourth-order valence-corrected chi connectivity index (χ4v) is 13.8. The van der Waals surface area contributed by atoms with Gasteiger partial charge in [-0.1, -0.05) is 129 Å². The Kier molecular flexibility index (Phi) is 7.48. The zero-order valence-electron chi connectivity index (χ0n) is 39.5. The van der Waals surface area contributed by atoms with Gasteiger partial charge in [0.25, 0.3) is 6.71 Å². The number of nitrogens with zero attached hydrogens (tertiary/aromatic N) is 3. The summed E-state index contributed by atoms with van der Waals surface area (Å²) < 4.78 is 9.36. The SMILES string of the molecule is Cc1cc2c3c(c1)-n1c4oc5ccccc5c4c4cccc(c41)B3c1ccc(N3c4ccc(C(C)(C)C)cc4C4(C)CCCCC34C)cc1N2c1ccc2c(c1)C(C)(C)CCC2(C)C. The molecule has 1 fully saturated rings. The molecule has 2 aliphatic carbocycles. The Morgan fingerprint density at radius 3 is 2.14 bits per heavy atom. The number of para-hydroxylation sites is 2. The molecule has 0 spiro atoms. The minimum atomic E-state index is -0.0605. The number of aromatic nitrogens is 1. The lowest BCUT2D eigenvalue weighted by atomic mass is 9.33. The third kappa shape index (κ3) is 4.81. The number of rotatable bonds is 2. The average molecular weight is 838 g/mol. The summed E-state index contributed by atoms with van der Waals surface area (Å²) in [6, 6.07) is 43.0. The van der Waals surface area contributed by atoms with Gasteiger partial charge in [-0.05, 0) is 149 Å². The van der Waals surface area contributed by atoms with Gasteiger partial charge < -0.3 is 14.2 Å². The predicted molar refractivity (Wildman–Crippen MR) is 271 cm³/mol. The van der Waals surface area contributed by atoms with Crippen molar-refractivity contribution >= 4 is 84.5 Å². The van der Waals surface area contributed by atoms with Gasteiger partial charge in [0.2, 0.25) is 5.71 Å². The lowest BCUT2D eigenvalue weighted by molar-refractivity contribution is 0.195. The largest absolute Gasteiger partial charge is 0.439 e. The number of anilines is 5. The smallest absolute Gasteiger partial charge is 0.252 e. The van der Waals surface area contributed by atoms with E-state index in [1.54, 1.807) is 0 Å². The number of benzene rings is 6. The van der Waals surface area contributed by atoms with Crippen LogP contribution in [0.25, 0.3) is 38.7 Å². The summed E-state index contributed by atoms with van der Waals surface area (Å²) in [6.45, 7) is 24.4. The lowest BCUT2D eigenvalue weighted by Crippen LogP contribution is -2.60. The summed E-state index contributed by atoms with van der Waals surface area (Å²) in [7, 11) is 0. The standard InChI is InChI=1S/C59H60BN3O/c1-35-30-48-52-49(31-35)62-53-40(51-39-16-11-12-19-50(39)64-54(51)62)17-15-18-45(53)60(52)44-24-22-38(34-47(44)61(48)37-21-23-41-42(33-37)57(7,8)29-28-56(41,5)6)63-46-25-20-36(55(2,3)4)32-43(46)58(9)26-13-14-27-59(58,63)10/h11-12,15-25,30-34H,13-14,26-29H2,1-10H3. The molecule has 6 aromatic carbocycles. The van der Waals surface area contributed by atoms with Crippen molar-refractivity contribution in [1.29, 1.82) is 0 Å². The van der Waals surface area contributed by atoms with Crippen LogP contribution >= 0.6 is 0 Å². The zero-order valence-corrected chi connectivity index (χ0v) is 39.5. The van der Waals surface area contributed by atoms with E-state index in [9.17, 15) is 0 Å². The van der Waals surface area contributed by atoms with Gasteiger partial charge in [-0.3, -0.25) is 4.57 Å². The Morgan fingerprint density at radius 2 is 1.33 bits per heavy atom. The van der Waals surface area contributed by atoms with Crippen LogP contribution in [-0.4, -0.2) is 16.8 Å². The average Bonchev–Trinajstić information content (AvgIpc) is 3.87. The molecule has 320 valence electrons. The van der Waals surface area contributed by atoms with E-state index in [0.29, 0.717) is 0 Å². The Labute approximate surface area is 379 Å². The minimum Gasteiger partial charge on any atom is -0.439 e. The van der Waals surface area contributed by atoms with Gasteiger partial charge in [-0.25, -0.2) is 0 Å². The molecule has 5 heterocycles. The monoisotopic (exact) mass is 837 g/mol. The summed E-state index contributed by atoms with van der Waals surface area (Å²) in [5.74, 6) is 0. The molecule has 5 aliphatic rings. The summed E-state index contributed by atoms with van der Waals surface area (Å²) in [6.07, 6.45) is 7.27. The number of aryl methyl sites for hydroxylation is 1. The molecule has 2 aromatic heterocycles. The number of furan rings is 1. The van der Waals surface area contributed by atoms with E-state index >= 15 is 0 Å². The third-order valence-electron chi connectivity index (χ3n) is 17.6.